The number of benzene rings is 2. The van der Waals surface area contributed by atoms with Crippen LogP contribution in [0.2, 0.25) is 0 Å². The summed E-state index contributed by atoms with van der Waals surface area (Å²) in [5.41, 5.74) is 2.33. The summed E-state index contributed by atoms with van der Waals surface area (Å²) in [7, 11) is 1.77. The van der Waals surface area contributed by atoms with Crippen LogP contribution in [0.3, 0.4) is 0 Å². The Morgan fingerprint density at radius 3 is 2.32 bits per heavy atom. The SMILES string of the molecule is CN=C(NCc1ccc(F)cc1)NCC(C)N1CCN(c2ccccc2)CC1. The predicted octanol–water partition coefficient (Wildman–Crippen LogP) is 2.70. The highest BCUT2D eigenvalue weighted by Gasteiger charge is 2.21. The van der Waals surface area contributed by atoms with Crippen LogP contribution in [0.25, 0.3) is 0 Å². The smallest absolute Gasteiger partial charge is 0.191 e. The zero-order valence-electron chi connectivity index (χ0n) is 16.7. The van der Waals surface area contributed by atoms with Crippen LogP contribution in [-0.2, 0) is 6.54 Å². The number of guanidine groups is 1. The van der Waals surface area contributed by atoms with Gasteiger partial charge in [0.25, 0.3) is 0 Å². The number of piperazine rings is 1. The van der Waals surface area contributed by atoms with Crippen LogP contribution in [0.1, 0.15) is 12.5 Å². The molecule has 2 N–H and O–H groups in total. The first-order valence-corrected chi connectivity index (χ1v) is 9.88. The van der Waals surface area contributed by atoms with Crippen molar-refractivity contribution in [3.8, 4) is 0 Å². The van der Waals surface area contributed by atoms with Gasteiger partial charge in [-0.05, 0) is 36.8 Å². The third kappa shape index (κ3) is 5.70. The average molecular weight is 384 g/mol. The Labute approximate surface area is 167 Å². The summed E-state index contributed by atoms with van der Waals surface area (Å²) in [5.74, 6) is 0.548. The first-order valence-electron chi connectivity index (χ1n) is 9.88. The summed E-state index contributed by atoms with van der Waals surface area (Å²) in [6.07, 6.45) is 0. The number of aliphatic imine (C=N–C) groups is 1. The van der Waals surface area contributed by atoms with Crippen LogP contribution in [-0.4, -0.2) is 56.7 Å². The van der Waals surface area contributed by atoms with Gasteiger partial charge in [0.05, 0.1) is 0 Å². The van der Waals surface area contributed by atoms with Crippen LogP contribution >= 0.6 is 0 Å². The zero-order chi connectivity index (χ0) is 19.8. The summed E-state index contributed by atoms with van der Waals surface area (Å²) in [5, 5.41) is 6.68. The van der Waals surface area contributed by atoms with Crippen molar-refractivity contribution in [1.82, 2.24) is 15.5 Å². The lowest BCUT2D eigenvalue weighted by atomic mass is 10.2. The number of hydrogen-bond donors (Lipinski definition) is 2. The molecule has 0 aromatic heterocycles. The second kappa shape index (κ2) is 10.1. The normalized spacial score (nSPS) is 16.7. The highest BCUT2D eigenvalue weighted by atomic mass is 19.1. The minimum Gasteiger partial charge on any atom is -0.369 e. The van der Waals surface area contributed by atoms with Gasteiger partial charge >= 0.3 is 0 Å². The molecule has 3 rings (SSSR count). The maximum Gasteiger partial charge on any atom is 0.191 e. The molecule has 28 heavy (non-hydrogen) atoms. The van der Waals surface area contributed by atoms with Crippen molar-refractivity contribution in [2.75, 3.05) is 44.7 Å². The third-order valence-corrected chi connectivity index (χ3v) is 5.22. The lowest BCUT2D eigenvalue weighted by Crippen LogP contribution is -2.53. The van der Waals surface area contributed by atoms with E-state index in [0.29, 0.717) is 12.6 Å². The van der Waals surface area contributed by atoms with E-state index in [4.69, 9.17) is 0 Å². The van der Waals surface area contributed by atoms with Gasteiger partial charge in [-0.25, -0.2) is 4.39 Å². The van der Waals surface area contributed by atoms with Crippen molar-refractivity contribution >= 4 is 11.6 Å². The standard InChI is InChI=1S/C22H30FN5/c1-18(27-12-14-28(15-13-27)21-6-4-3-5-7-21)16-25-22(24-2)26-17-19-8-10-20(23)11-9-19/h3-11,18H,12-17H2,1-2H3,(H2,24,25,26). The summed E-state index contributed by atoms with van der Waals surface area (Å²) in [6, 6.07) is 17.5. The molecule has 1 heterocycles. The Morgan fingerprint density at radius 1 is 1.00 bits per heavy atom. The minimum atomic E-state index is -0.215. The fraction of sp³-hybridized carbons (Fsp3) is 0.409. The average Bonchev–Trinajstić information content (AvgIpc) is 2.75. The number of halogens is 1. The fourth-order valence-corrected chi connectivity index (χ4v) is 3.44. The van der Waals surface area contributed by atoms with Gasteiger partial charge in [0.15, 0.2) is 5.96 Å². The van der Waals surface area contributed by atoms with Gasteiger partial charge < -0.3 is 15.5 Å². The molecule has 0 saturated carbocycles. The van der Waals surface area contributed by atoms with Gasteiger partial charge in [-0.15, -0.1) is 0 Å². The Morgan fingerprint density at radius 2 is 1.68 bits per heavy atom. The molecular formula is C22H30FN5. The lowest BCUT2D eigenvalue weighted by Gasteiger charge is -2.39. The molecule has 2 aromatic carbocycles. The van der Waals surface area contributed by atoms with E-state index in [-0.39, 0.29) is 5.82 Å². The first-order chi connectivity index (χ1) is 13.7. The summed E-state index contributed by atoms with van der Waals surface area (Å²) < 4.78 is 13.0. The molecule has 0 spiro atoms. The number of hydrogen-bond acceptors (Lipinski definition) is 3. The van der Waals surface area contributed by atoms with E-state index >= 15 is 0 Å². The lowest BCUT2D eigenvalue weighted by molar-refractivity contribution is 0.197. The van der Waals surface area contributed by atoms with Gasteiger partial charge in [-0.2, -0.15) is 0 Å². The summed E-state index contributed by atoms with van der Waals surface area (Å²) in [6.45, 7) is 7.90. The molecule has 1 fully saturated rings. The number of nitrogens with one attached hydrogen (secondary N) is 2. The minimum absolute atomic E-state index is 0.215. The topological polar surface area (TPSA) is 42.9 Å². The molecule has 5 nitrogen and oxygen atoms in total. The molecule has 1 aliphatic rings. The second-order valence-corrected chi connectivity index (χ2v) is 7.14. The maximum atomic E-state index is 13.0. The highest BCUT2D eigenvalue weighted by Crippen LogP contribution is 2.16. The van der Waals surface area contributed by atoms with E-state index in [1.807, 2.05) is 0 Å². The van der Waals surface area contributed by atoms with E-state index in [2.05, 4.69) is 62.7 Å². The van der Waals surface area contributed by atoms with E-state index in [1.165, 1.54) is 17.8 Å². The number of anilines is 1. The monoisotopic (exact) mass is 383 g/mol. The molecule has 0 aliphatic carbocycles. The second-order valence-electron chi connectivity index (χ2n) is 7.14. The Bertz CT molecular complexity index is 739. The summed E-state index contributed by atoms with van der Waals surface area (Å²) in [4.78, 5) is 9.24. The molecule has 0 radical (unpaired) electrons. The Kier molecular flexibility index (Phi) is 7.25. The van der Waals surface area contributed by atoms with Crippen LogP contribution in [0.4, 0.5) is 10.1 Å². The molecule has 0 amide bonds. The highest BCUT2D eigenvalue weighted by molar-refractivity contribution is 5.79. The maximum absolute atomic E-state index is 13.0. The van der Waals surface area contributed by atoms with Crippen molar-refractivity contribution in [3.05, 3.63) is 66.0 Å². The van der Waals surface area contributed by atoms with Crippen molar-refractivity contribution in [3.63, 3.8) is 0 Å². The largest absolute Gasteiger partial charge is 0.369 e. The van der Waals surface area contributed by atoms with Gasteiger partial charge in [0, 0.05) is 58.0 Å². The number of para-hydroxylation sites is 1. The van der Waals surface area contributed by atoms with Crippen LogP contribution in [0.5, 0.6) is 0 Å². The van der Waals surface area contributed by atoms with Gasteiger partial charge in [0.2, 0.25) is 0 Å². The summed E-state index contributed by atoms with van der Waals surface area (Å²) >= 11 is 0. The van der Waals surface area contributed by atoms with E-state index in [9.17, 15) is 4.39 Å². The van der Waals surface area contributed by atoms with Gasteiger partial charge in [0.1, 0.15) is 5.82 Å². The number of nitrogens with zero attached hydrogens (tertiary/aromatic N) is 3. The Balaban J connectivity index is 1.40. The first kappa shape index (κ1) is 20.1. The van der Waals surface area contributed by atoms with Crippen LogP contribution in [0, 0.1) is 5.82 Å². The van der Waals surface area contributed by atoms with Crippen LogP contribution < -0.4 is 15.5 Å². The van der Waals surface area contributed by atoms with Crippen molar-refractivity contribution in [2.24, 2.45) is 4.99 Å². The molecule has 6 heteroatoms. The van der Waals surface area contributed by atoms with E-state index in [1.54, 1.807) is 19.2 Å². The van der Waals surface area contributed by atoms with Gasteiger partial charge in [-0.1, -0.05) is 30.3 Å². The predicted molar refractivity (Wildman–Crippen MR) is 114 cm³/mol. The fourth-order valence-electron chi connectivity index (χ4n) is 3.44. The van der Waals surface area contributed by atoms with Crippen molar-refractivity contribution < 1.29 is 4.39 Å². The number of rotatable bonds is 6. The van der Waals surface area contributed by atoms with Crippen molar-refractivity contribution in [2.45, 2.75) is 19.5 Å². The Hall–Kier alpha value is -2.60. The zero-order valence-corrected chi connectivity index (χ0v) is 16.7. The third-order valence-electron chi connectivity index (χ3n) is 5.22. The molecule has 1 unspecified atom stereocenters. The molecule has 2 aromatic rings. The van der Waals surface area contributed by atoms with E-state index < -0.39 is 0 Å². The quantitative estimate of drug-likeness (QED) is 0.595. The van der Waals surface area contributed by atoms with Crippen molar-refractivity contribution in [1.29, 1.82) is 0 Å². The molecule has 1 aliphatic heterocycles. The molecular weight excluding hydrogens is 353 g/mol. The van der Waals surface area contributed by atoms with Gasteiger partial charge in [-0.3, -0.25) is 9.89 Å². The molecule has 150 valence electrons. The molecule has 1 saturated heterocycles. The van der Waals surface area contributed by atoms with E-state index in [0.717, 1.165) is 44.2 Å². The molecule has 1 atom stereocenters. The molecule has 0 bridgehead atoms. The van der Waals surface area contributed by atoms with Crippen LogP contribution in [0.15, 0.2) is 59.6 Å².